The van der Waals surface area contributed by atoms with Gasteiger partial charge in [0.1, 0.15) is 0 Å². The molecule has 0 aliphatic heterocycles. The molecule has 0 bridgehead atoms. The zero-order chi connectivity index (χ0) is 14.3. The third kappa shape index (κ3) is 5.39. The molecule has 0 heterocycles. The summed E-state index contributed by atoms with van der Waals surface area (Å²) in [5.74, 6) is -0.820. The molecular weight excluding hydrogens is 248 g/mol. The number of benzene rings is 1. The van der Waals surface area contributed by atoms with Crippen molar-refractivity contribution in [3.8, 4) is 0 Å². The van der Waals surface area contributed by atoms with E-state index in [1.54, 1.807) is 19.2 Å². The number of carbonyl (C=O) groups is 2. The highest BCUT2D eigenvalue weighted by molar-refractivity contribution is 5.93. The number of methoxy groups -OCH3 is 1. The fourth-order valence-corrected chi connectivity index (χ4v) is 1.52. The van der Waals surface area contributed by atoms with Gasteiger partial charge in [0.2, 0.25) is 0 Å². The van der Waals surface area contributed by atoms with Gasteiger partial charge < -0.3 is 20.5 Å². The molecule has 0 spiro atoms. The Balaban J connectivity index is 2.48. The van der Waals surface area contributed by atoms with Gasteiger partial charge in [-0.3, -0.25) is 0 Å². The standard InChI is InChI=1S/C13H18N2O4/c1-9(8-19-2)7-14-13(18)15-11-5-3-4-10(6-11)12(16)17/h3-6,9H,7-8H2,1-2H3,(H,16,17)(H2,14,15,18). The van der Waals surface area contributed by atoms with Gasteiger partial charge in [0.05, 0.1) is 12.2 Å². The monoisotopic (exact) mass is 266 g/mol. The summed E-state index contributed by atoms with van der Waals surface area (Å²) in [5, 5.41) is 14.1. The number of ether oxygens (including phenoxy) is 1. The van der Waals surface area contributed by atoms with Crippen LogP contribution in [-0.2, 0) is 4.74 Å². The fraction of sp³-hybridized carbons (Fsp3) is 0.385. The maximum absolute atomic E-state index is 11.6. The van der Waals surface area contributed by atoms with Crippen LogP contribution >= 0.6 is 0 Å². The second-order valence-corrected chi connectivity index (χ2v) is 4.28. The van der Waals surface area contributed by atoms with E-state index in [9.17, 15) is 9.59 Å². The van der Waals surface area contributed by atoms with E-state index in [0.717, 1.165) is 0 Å². The maximum atomic E-state index is 11.6. The quantitative estimate of drug-likeness (QED) is 0.732. The van der Waals surface area contributed by atoms with Crippen molar-refractivity contribution in [2.24, 2.45) is 5.92 Å². The molecule has 3 N–H and O–H groups in total. The lowest BCUT2D eigenvalue weighted by Crippen LogP contribution is -2.33. The number of anilines is 1. The number of carboxylic acids is 1. The lowest BCUT2D eigenvalue weighted by Gasteiger charge is -2.12. The highest BCUT2D eigenvalue weighted by Gasteiger charge is 2.07. The summed E-state index contributed by atoms with van der Waals surface area (Å²) in [7, 11) is 1.61. The van der Waals surface area contributed by atoms with Crippen LogP contribution in [0, 0.1) is 5.92 Å². The fourth-order valence-electron chi connectivity index (χ4n) is 1.52. The van der Waals surface area contributed by atoms with Crippen LogP contribution in [0.3, 0.4) is 0 Å². The van der Waals surface area contributed by atoms with Crippen LogP contribution in [0.15, 0.2) is 24.3 Å². The molecule has 1 atom stereocenters. The molecule has 1 aromatic carbocycles. The molecule has 6 heteroatoms. The first-order chi connectivity index (χ1) is 9.02. The molecule has 2 amide bonds. The average molecular weight is 266 g/mol. The molecule has 0 aromatic heterocycles. The zero-order valence-electron chi connectivity index (χ0n) is 11.0. The van der Waals surface area contributed by atoms with Crippen LogP contribution in [-0.4, -0.2) is 37.4 Å². The first-order valence-corrected chi connectivity index (χ1v) is 5.90. The van der Waals surface area contributed by atoms with Crippen molar-refractivity contribution < 1.29 is 19.4 Å². The first-order valence-electron chi connectivity index (χ1n) is 5.90. The lowest BCUT2D eigenvalue weighted by molar-refractivity contribution is 0.0697. The summed E-state index contributed by atoms with van der Waals surface area (Å²) in [5.41, 5.74) is 0.572. The third-order valence-electron chi connectivity index (χ3n) is 2.43. The summed E-state index contributed by atoms with van der Waals surface area (Å²) < 4.78 is 4.96. The number of aromatic carboxylic acids is 1. The molecular formula is C13H18N2O4. The Labute approximate surface area is 111 Å². The predicted octanol–water partition coefficient (Wildman–Crippen LogP) is 1.79. The maximum Gasteiger partial charge on any atom is 0.335 e. The number of amides is 2. The number of hydrogen-bond acceptors (Lipinski definition) is 3. The van der Waals surface area contributed by atoms with Crippen molar-refractivity contribution in [3.05, 3.63) is 29.8 Å². The Kier molecular flexibility index (Phi) is 5.81. The second-order valence-electron chi connectivity index (χ2n) is 4.28. The highest BCUT2D eigenvalue weighted by Crippen LogP contribution is 2.10. The van der Waals surface area contributed by atoms with Crippen molar-refractivity contribution in [1.29, 1.82) is 0 Å². The molecule has 0 radical (unpaired) electrons. The minimum Gasteiger partial charge on any atom is -0.478 e. The Hall–Kier alpha value is -2.08. The molecule has 0 fully saturated rings. The smallest absolute Gasteiger partial charge is 0.335 e. The van der Waals surface area contributed by atoms with E-state index < -0.39 is 5.97 Å². The van der Waals surface area contributed by atoms with Gasteiger partial charge in [-0.25, -0.2) is 9.59 Å². The van der Waals surface area contributed by atoms with E-state index in [1.165, 1.54) is 12.1 Å². The SMILES string of the molecule is COCC(C)CNC(=O)Nc1cccc(C(=O)O)c1. The molecule has 6 nitrogen and oxygen atoms in total. The summed E-state index contributed by atoms with van der Waals surface area (Å²) >= 11 is 0. The van der Waals surface area contributed by atoms with Crippen LogP contribution in [0.2, 0.25) is 0 Å². The Morgan fingerprint density at radius 2 is 2.16 bits per heavy atom. The second kappa shape index (κ2) is 7.38. The number of carbonyl (C=O) groups excluding carboxylic acids is 1. The van der Waals surface area contributed by atoms with Gasteiger partial charge in [-0.1, -0.05) is 13.0 Å². The van der Waals surface area contributed by atoms with Gasteiger partial charge in [-0.15, -0.1) is 0 Å². The van der Waals surface area contributed by atoms with Gasteiger partial charge in [-0.2, -0.15) is 0 Å². The Morgan fingerprint density at radius 3 is 2.79 bits per heavy atom. The van der Waals surface area contributed by atoms with Crippen LogP contribution in [0.1, 0.15) is 17.3 Å². The molecule has 0 aliphatic rings. The van der Waals surface area contributed by atoms with Gasteiger partial charge in [-0.05, 0) is 24.1 Å². The Bertz CT molecular complexity index is 448. The van der Waals surface area contributed by atoms with Crippen LogP contribution < -0.4 is 10.6 Å². The van der Waals surface area contributed by atoms with Crippen molar-refractivity contribution >= 4 is 17.7 Å². The highest BCUT2D eigenvalue weighted by atomic mass is 16.5. The number of nitrogens with one attached hydrogen (secondary N) is 2. The summed E-state index contributed by atoms with van der Waals surface area (Å²) in [6.07, 6.45) is 0. The molecule has 19 heavy (non-hydrogen) atoms. The van der Waals surface area contributed by atoms with Crippen molar-refractivity contribution in [2.45, 2.75) is 6.92 Å². The minimum atomic E-state index is -1.03. The van der Waals surface area contributed by atoms with E-state index in [2.05, 4.69) is 10.6 Å². The number of rotatable bonds is 6. The summed E-state index contributed by atoms with van der Waals surface area (Å²) in [4.78, 5) is 22.4. The van der Waals surface area contributed by atoms with Gasteiger partial charge in [0, 0.05) is 19.3 Å². The molecule has 0 saturated heterocycles. The van der Waals surface area contributed by atoms with Gasteiger partial charge in [0.25, 0.3) is 0 Å². The van der Waals surface area contributed by atoms with Crippen LogP contribution in [0.4, 0.5) is 10.5 Å². The molecule has 1 unspecified atom stereocenters. The third-order valence-corrected chi connectivity index (χ3v) is 2.43. The zero-order valence-corrected chi connectivity index (χ0v) is 11.0. The molecule has 0 saturated carbocycles. The van der Waals surface area contributed by atoms with Crippen molar-refractivity contribution in [3.63, 3.8) is 0 Å². The van der Waals surface area contributed by atoms with Crippen molar-refractivity contribution in [2.75, 3.05) is 25.6 Å². The van der Waals surface area contributed by atoms with Gasteiger partial charge >= 0.3 is 12.0 Å². The average Bonchev–Trinajstić information content (AvgIpc) is 2.37. The van der Waals surface area contributed by atoms with E-state index in [-0.39, 0.29) is 17.5 Å². The molecule has 0 aliphatic carbocycles. The number of carboxylic acid groups (broad SMARTS) is 1. The number of hydrogen-bond donors (Lipinski definition) is 3. The van der Waals surface area contributed by atoms with E-state index in [4.69, 9.17) is 9.84 Å². The number of urea groups is 1. The van der Waals surface area contributed by atoms with E-state index >= 15 is 0 Å². The van der Waals surface area contributed by atoms with E-state index in [0.29, 0.717) is 18.8 Å². The predicted molar refractivity (Wildman–Crippen MR) is 71.5 cm³/mol. The van der Waals surface area contributed by atoms with Gasteiger partial charge in [0.15, 0.2) is 0 Å². The van der Waals surface area contributed by atoms with E-state index in [1.807, 2.05) is 6.92 Å². The van der Waals surface area contributed by atoms with Crippen molar-refractivity contribution in [1.82, 2.24) is 5.32 Å². The first kappa shape index (κ1) is 15.0. The largest absolute Gasteiger partial charge is 0.478 e. The Morgan fingerprint density at radius 1 is 1.42 bits per heavy atom. The van der Waals surface area contributed by atoms with Crippen LogP contribution in [0.5, 0.6) is 0 Å². The summed E-state index contributed by atoms with van der Waals surface area (Å²) in [6, 6.07) is 5.70. The molecule has 104 valence electrons. The van der Waals surface area contributed by atoms with Crippen LogP contribution in [0.25, 0.3) is 0 Å². The minimum absolute atomic E-state index is 0.130. The summed E-state index contributed by atoms with van der Waals surface area (Å²) in [6.45, 7) is 3.00. The topological polar surface area (TPSA) is 87.7 Å². The lowest BCUT2D eigenvalue weighted by atomic mass is 10.2. The normalized spacial score (nSPS) is 11.7. The molecule has 1 aromatic rings. The molecule has 1 rings (SSSR count).